The standard InChI is InChI=1S/C15H23N/c1-2-10-15(11-6-7-12-16-15)13-14-8-4-3-5-9-14/h3-5,8-9,16H,2,6-7,10-13H2,1H3. The Kier molecular flexibility index (Phi) is 4.00. The molecule has 1 nitrogen and oxygen atoms in total. The molecule has 0 radical (unpaired) electrons. The van der Waals surface area contributed by atoms with Crippen LogP contribution in [0.2, 0.25) is 0 Å². The fourth-order valence-corrected chi connectivity index (χ4v) is 2.95. The van der Waals surface area contributed by atoms with Crippen molar-refractivity contribution in [1.82, 2.24) is 5.32 Å². The number of piperidine rings is 1. The minimum Gasteiger partial charge on any atom is -0.311 e. The number of hydrogen-bond acceptors (Lipinski definition) is 1. The number of rotatable bonds is 4. The molecule has 1 aliphatic rings. The van der Waals surface area contributed by atoms with Crippen LogP contribution in [-0.2, 0) is 6.42 Å². The first-order valence-electron chi connectivity index (χ1n) is 6.64. The molecule has 1 unspecified atom stereocenters. The van der Waals surface area contributed by atoms with Crippen molar-refractivity contribution in [3.63, 3.8) is 0 Å². The third-order valence-electron chi connectivity index (χ3n) is 3.70. The topological polar surface area (TPSA) is 12.0 Å². The molecule has 1 aromatic carbocycles. The number of hydrogen-bond donors (Lipinski definition) is 1. The minimum atomic E-state index is 0.383. The maximum atomic E-state index is 3.78. The molecular formula is C15H23N. The summed E-state index contributed by atoms with van der Waals surface area (Å²) >= 11 is 0. The van der Waals surface area contributed by atoms with Crippen molar-refractivity contribution in [2.24, 2.45) is 0 Å². The van der Waals surface area contributed by atoms with Crippen LogP contribution in [0.25, 0.3) is 0 Å². The van der Waals surface area contributed by atoms with Gasteiger partial charge in [-0.1, -0.05) is 50.1 Å². The van der Waals surface area contributed by atoms with Gasteiger partial charge in [-0.2, -0.15) is 0 Å². The Bertz CT molecular complexity index is 293. The quantitative estimate of drug-likeness (QED) is 0.813. The van der Waals surface area contributed by atoms with E-state index in [1.807, 2.05) is 0 Å². The van der Waals surface area contributed by atoms with E-state index >= 15 is 0 Å². The summed E-state index contributed by atoms with van der Waals surface area (Å²) in [5.74, 6) is 0. The van der Waals surface area contributed by atoms with Crippen LogP contribution in [0.3, 0.4) is 0 Å². The Morgan fingerprint density at radius 2 is 2.00 bits per heavy atom. The van der Waals surface area contributed by atoms with Gasteiger partial charge >= 0.3 is 0 Å². The normalized spacial score (nSPS) is 25.6. The highest BCUT2D eigenvalue weighted by Crippen LogP contribution is 2.28. The average Bonchev–Trinajstić information content (AvgIpc) is 2.31. The van der Waals surface area contributed by atoms with Crippen molar-refractivity contribution in [3.05, 3.63) is 35.9 Å². The maximum Gasteiger partial charge on any atom is 0.0221 e. The third kappa shape index (κ3) is 2.85. The largest absolute Gasteiger partial charge is 0.311 e. The first-order chi connectivity index (χ1) is 7.85. The molecule has 1 atom stereocenters. The predicted octanol–water partition coefficient (Wildman–Crippen LogP) is 3.54. The van der Waals surface area contributed by atoms with Gasteiger partial charge in [0, 0.05) is 5.54 Å². The van der Waals surface area contributed by atoms with Crippen LogP contribution in [-0.4, -0.2) is 12.1 Å². The highest BCUT2D eigenvalue weighted by atomic mass is 15.0. The fourth-order valence-electron chi connectivity index (χ4n) is 2.95. The van der Waals surface area contributed by atoms with E-state index in [-0.39, 0.29) is 0 Å². The zero-order valence-electron chi connectivity index (χ0n) is 10.3. The minimum absolute atomic E-state index is 0.383. The molecule has 1 heterocycles. The van der Waals surface area contributed by atoms with Gasteiger partial charge in [0.2, 0.25) is 0 Å². The van der Waals surface area contributed by atoms with Gasteiger partial charge in [0.1, 0.15) is 0 Å². The van der Waals surface area contributed by atoms with Crippen molar-refractivity contribution in [2.75, 3.05) is 6.54 Å². The molecule has 0 amide bonds. The van der Waals surface area contributed by atoms with E-state index < -0.39 is 0 Å². The lowest BCUT2D eigenvalue weighted by Gasteiger charge is -2.39. The van der Waals surface area contributed by atoms with Gasteiger partial charge < -0.3 is 5.32 Å². The molecule has 1 saturated heterocycles. The van der Waals surface area contributed by atoms with Gasteiger partial charge in [0.15, 0.2) is 0 Å². The Morgan fingerprint density at radius 1 is 1.19 bits per heavy atom. The summed E-state index contributed by atoms with van der Waals surface area (Å²) in [6.07, 6.45) is 7.86. The van der Waals surface area contributed by atoms with Crippen LogP contribution in [0, 0.1) is 0 Å². The van der Waals surface area contributed by atoms with Crippen LogP contribution in [0.15, 0.2) is 30.3 Å². The highest BCUT2D eigenvalue weighted by Gasteiger charge is 2.30. The van der Waals surface area contributed by atoms with Gasteiger partial charge in [0.25, 0.3) is 0 Å². The van der Waals surface area contributed by atoms with Gasteiger partial charge in [-0.15, -0.1) is 0 Å². The van der Waals surface area contributed by atoms with Crippen molar-refractivity contribution in [2.45, 2.75) is 51.0 Å². The Morgan fingerprint density at radius 3 is 2.62 bits per heavy atom. The van der Waals surface area contributed by atoms with E-state index in [1.165, 1.54) is 50.6 Å². The summed E-state index contributed by atoms with van der Waals surface area (Å²) in [5.41, 5.74) is 1.86. The van der Waals surface area contributed by atoms with Crippen LogP contribution in [0.4, 0.5) is 0 Å². The summed E-state index contributed by atoms with van der Waals surface area (Å²) in [5, 5.41) is 3.78. The SMILES string of the molecule is CCCC1(Cc2ccccc2)CCCCN1. The molecule has 0 bridgehead atoms. The van der Waals surface area contributed by atoms with Gasteiger partial charge in [-0.25, -0.2) is 0 Å². The first kappa shape index (κ1) is 11.7. The summed E-state index contributed by atoms with van der Waals surface area (Å²) in [4.78, 5) is 0. The number of benzene rings is 1. The Hall–Kier alpha value is -0.820. The average molecular weight is 217 g/mol. The molecule has 0 aliphatic carbocycles. The molecule has 1 aliphatic heterocycles. The monoisotopic (exact) mass is 217 g/mol. The summed E-state index contributed by atoms with van der Waals surface area (Å²) in [7, 11) is 0. The molecule has 1 aromatic rings. The highest BCUT2D eigenvalue weighted by molar-refractivity contribution is 5.18. The molecule has 16 heavy (non-hydrogen) atoms. The van der Waals surface area contributed by atoms with Crippen molar-refractivity contribution >= 4 is 0 Å². The van der Waals surface area contributed by atoms with Crippen molar-refractivity contribution in [3.8, 4) is 0 Å². The molecule has 1 fully saturated rings. The second-order valence-electron chi connectivity index (χ2n) is 5.08. The van der Waals surface area contributed by atoms with E-state index in [4.69, 9.17) is 0 Å². The van der Waals surface area contributed by atoms with Crippen LogP contribution in [0.5, 0.6) is 0 Å². The van der Waals surface area contributed by atoms with Gasteiger partial charge in [-0.3, -0.25) is 0 Å². The molecule has 1 N–H and O–H groups in total. The van der Waals surface area contributed by atoms with Gasteiger partial charge in [0.05, 0.1) is 0 Å². The Labute approximate surface area is 99.3 Å². The van der Waals surface area contributed by atoms with E-state index in [0.717, 1.165) is 0 Å². The fraction of sp³-hybridized carbons (Fsp3) is 0.600. The van der Waals surface area contributed by atoms with E-state index in [0.29, 0.717) is 5.54 Å². The van der Waals surface area contributed by atoms with E-state index in [2.05, 4.69) is 42.6 Å². The Balaban J connectivity index is 2.07. The van der Waals surface area contributed by atoms with Crippen molar-refractivity contribution < 1.29 is 0 Å². The second kappa shape index (κ2) is 5.49. The summed E-state index contributed by atoms with van der Waals surface area (Å²) < 4.78 is 0. The lowest BCUT2D eigenvalue weighted by molar-refractivity contribution is 0.233. The molecule has 2 rings (SSSR count). The predicted molar refractivity (Wildman–Crippen MR) is 69.6 cm³/mol. The van der Waals surface area contributed by atoms with E-state index in [1.54, 1.807) is 0 Å². The zero-order valence-corrected chi connectivity index (χ0v) is 10.3. The lowest BCUT2D eigenvalue weighted by Crippen LogP contribution is -2.50. The number of nitrogens with one attached hydrogen (secondary N) is 1. The second-order valence-corrected chi connectivity index (χ2v) is 5.08. The molecule has 0 spiro atoms. The molecule has 1 heteroatoms. The zero-order chi connectivity index (χ0) is 11.3. The molecule has 0 aromatic heterocycles. The lowest BCUT2D eigenvalue weighted by atomic mass is 9.80. The molecule has 88 valence electrons. The maximum absolute atomic E-state index is 3.78. The smallest absolute Gasteiger partial charge is 0.0221 e. The van der Waals surface area contributed by atoms with Crippen LogP contribution in [0.1, 0.15) is 44.6 Å². The summed E-state index contributed by atoms with van der Waals surface area (Å²) in [6.45, 7) is 3.50. The van der Waals surface area contributed by atoms with Crippen LogP contribution < -0.4 is 5.32 Å². The molecule has 0 saturated carbocycles. The molecular weight excluding hydrogens is 194 g/mol. The first-order valence-corrected chi connectivity index (χ1v) is 6.64. The van der Waals surface area contributed by atoms with Gasteiger partial charge in [-0.05, 0) is 37.8 Å². The summed E-state index contributed by atoms with van der Waals surface area (Å²) in [6, 6.07) is 10.9. The van der Waals surface area contributed by atoms with Crippen LogP contribution >= 0.6 is 0 Å². The van der Waals surface area contributed by atoms with E-state index in [9.17, 15) is 0 Å². The third-order valence-corrected chi connectivity index (χ3v) is 3.70. The van der Waals surface area contributed by atoms with Crippen molar-refractivity contribution in [1.29, 1.82) is 0 Å².